The van der Waals surface area contributed by atoms with Crippen LogP contribution in [0.3, 0.4) is 0 Å². The molecule has 4 rings (SSSR count). The molecule has 1 saturated heterocycles. The highest BCUT2D eigenvalue weighted by Gasteiger charge is 2.21. The van der Waals surface area contributed by atoms with E-state index in [1.807, 2.05) is 54.0 Å². The van der Waals surface area contributed by atoms with E-state index in [1.165, 1.54) is 24.2 Å². The number of hydrogen-bond donors (Lipinski definition) is 3. The number of rotatable bonds is 4. The minimum absolute atomic E-state index is 0.125. The topological polar surface area (TPSA) is 66.4 Å². The summed E-state index contributed by atoms with van der Waals surface area (Å²) >= 11 is 11.5. The lowest BCUT2D eigenvalue weighted by molar-refractivity contribution is -0.927. The van der Waals surface area contributed by atoms with Gasteiger partial charge in [0, 0.05) is 16.1 Å². The predicted molar refractivity (Wildman–Crippen MR) is 125 cm³/mol. The van der Waals surface area contributed by atoms with Gasteiger partial charge in [0.25, 0.3) is 0 Å². The SMILES string of the molecule is Cc1c(Cl)cccc1NC(=S)N=Nc1c(O)n(C[NH+]2CCCCC2)c2ccccc12. The molecule has 0 aliphatic carbocycles. The fraction of sp³-hybridized carbons (Fsp3) is 0.318. The first-order valence-electron chi connectivity index (χ1n) is 10.2. The van der Waals surface area contributed by atoms with Crippen molar-refractivity contribution in [2.75, 3.05) is 18.4 Å². The first kappa shape index (κ1) is 20.8. The van der Waals surface area contributed by atoms with Gasteiger partial charge in [0.05, 0.1) is 18.6 Å². The Bertz CT molecular complexity index is 1100. The van der Waals surface area contributed by atoms with Crippen molar-refractivity contribution in [2.24, 2.45) is 10.2 Å². The molecule has 0 radical (unpaired) electrons. The monoisotopic (exact) mass is 442 g/mol. The molecule has 1 fully saturated rings. The maximum absolute atomic E-state index is 10.9. The second kappa shape index (κ2) is 9.12. The van der Waals surface area contributed by atoms with E-state index >= 15 is 0 Å². The lowest BCUT2D eigenvalue weighted by Crippen LogP contribution is -3.12. The quantitative estimate of drug-likeness (QED) is 0.401. The van der Waals surface area contributed by atoms with E-state index < -0.39 is 0 Å². The van der Waals surface area contributed by atoms with Crippen molar-refractivity contribution in [3.8, 4) is 5.88 Å². The maximum atomic E-state index is 10.9. The number of nitrogens with one attached hydrogen (secondary N) is 2. The highest BCUT2D eigenvalue weighted by molar-refractivity contribution is 7.80. The number of likely N-dealkylation sites (tertiary alicyclic amines) is 1. The van der Waals surface area contributed by atoms with E-state index in [2.05, 4.69) is 15.5 Å². The zero-order valence-electron chi connectivity index (χ0n) is 16.9. The molecule has 0 atom stereocenters. The number of hydrogen-bond acceptors (Lipinski definition) is 3. The average molecular weight is 443 g/mol. The van der Waals surface area contributed by atoms with Crippen molar-refractivity contribution in [1.82, 2.24) is 4.57 Å². The summed E-state index contributed by atoms with van der Waals surface area (Å²) in [6, 6.07) is 13.4. The number of benzene rings is 2. The molecule has 156 valence electrons. The standard InChI is InChI=1S/C22H24ClN5OS/c1-15-17(23)9-7-10-18(15)24-22(30)26-25-20-16-8-3-4-11-19(16)28(21(20)29)14-27-12-5-2-6-13-27/h3-4,7-11,29H,2,5-6,12-14H2,1H3,(H,24,30)/p+1. The van der Waals surface area contributed by atoms with E-state index in [9.17, 15) is 5.11 Å². The molecule has 2 aromatic carbocycles. The number of anilines is 1. The number of halogens is 1. The Morgan fingerprint density at radius 3 is 2.73 bits per heavy atom. The van der Waals surface area contributed by atoms with Gasteiger partial charge in [-0.2, -0.15) is 0 Å². The molecule has 0 spiro atoms. The smallest absolute Gasteiger partial charge is 0.225 e. The van der Waals surface area contributed by atoms with E-state index in [-0.39, 0.29) is 11.0 Å². The van der Waals surface area contributed by atoms with Crippen molar-refractivity contribution in [2.45, 2.75) is 32.9 Å². The lowest BCUT2D eigenvalue weighted by atomic mass is 10.1. The number of fused-ring (bicyclic) bond motifs is 1. The van der Waals surface area contributed by atoms with Crippen LogP contribution in [0.4, 0.5) is 11.4 Å². The molecule has 3 aromatic rings. The first-order valence-corrected chi connectivity index (χ1v) is 10.9. The maximum Gasteiger partial charge on any atom is 0.225 e. The van der Waals surface area contributed by atoms with E-state index in [0.29, 0.717) is 17.4 Å². The zero-order valence-corrected chi connectivity index (χ0v) is 18.4. The normalized spacial score (nSPS) is 15.1. The Balaban J connectivity index is 1.59. The number of piperidine rings is 1. The summed E-state index contributed by atoms with van der Waals surface area (Å²) in [6.45, 7) is 4.87. The summed E-state index contributed by atoms with van der Waals surface area (Å²) in [5, 5.41) is 24.2. The summed E-state index contributed by atoms with van der Waals surface area (Å²) in [7, 11) is 0. The lowest BCUT2D eigenvalue weighted by Gasteiger charge is -2.24. The van der Waals surface area contributed by atoms with Crippen molar-refractivity contribution in [3.05, 3.63) is 53.1 Å². The van der Waals surface area contributed by atoms with E-state index in [1.54, 1.807) is 0 Å². The molecule has 2 heterocycles. The molecule has 3 N–H and O–H groups in total. The van der Waals surface area contributed by atoms with Gasteiger partial charge in [-0.25, -0.2) is 0 Å². The van der Waals surface area contributed by atoms with E-state index in [4.69, 9.17) is 23.8 Å². The van der Waals surface area contributed by atoms with Crippen LogP contribution in [0.1, 0.15) is 24.8 Å². The van der Waals surface area contributed by atoms with Crippen molar-refractivity contribution in [3.63, 3.8) is 0 Å². The van der Waals surface area contributed by atoms with Gasteiger partial charge < -0.3 is 15.3 Å². The number of aromatic hydroxyl groups is 1. The number of thiocarbonyl (C=S) groups is 1. The van der Waals surface area contributed by atoms with Gasteiger partial charge in [-0.15, -0.1) is 10.2 Å². The summed E-state index contributed by atoms with van der Waals surface area (Å²) < 4.78 is 1.93. The number of nitrogens with zero attached hydrogens (tertiary/aromatic N) is 3. The van der Waals surface area contributed by atoms with Gasteiger partial charge in [-0.05, 0) is 62.2 Å². The molecule has 1 aromatic heterocycles. The van der Waals surface area contributed by atoms with Crippen LogP contribution >= 0.6 is 23.8 Å². The highest BCUT2D eigenvalue weighted by atomic mass is 35.5. The van der Waals surface area contributed by atoms with Gasteiger partial charge in [0.15, 0.2) is 12.4 Å². The minimum Gasteiger partial charge on any atom is -0.493 e. The van der Waals surface area contributed by atoms with Crippen LogP contribution in [-0.4, -0.2) is 27.9 Å². The third-order valence-corrected chi connectivity index (χ3v) is 6.20. The van der Waals surface area contributed by atoms with Crippen molar-refractivity contribution in [1.29, 1.82) is 0 Å². The van der Waals surface area contributed by atoms with Crippen LogP contribution in [0.2, 0.25) is 5.02 Å². The summed E-state index contributed by atoms with van der Waals surface area (Å²) in [5.41, 5.74) is 3.06. The van der Waals surface area contributed by atoms with Gasteiger partial charge in [-0.1, -0.05) is 35.9 Å². The van der Waals surface area contributed by atoms with Gasteiger partial charge in [0.2, 0.25) is 11.0 Å². The number of azo groups is 1. The molecule has 1 aliphatic heterocycles. The van der Waals surface area contributed by atoms with Crippen LogP contribution in [-0.2, 0) is 6.67 Å². The summed E-state index contributed by atoms with van der Waals surface area (Å²) in [6.07, 6.45) is 3.74. The second-order valence-electron chi connectivity index (χ2n) is 7.63. The Kier molecular flexibility index (Phi) is 6.32. The molecular weight excluding hydrogens is 418 g/mol. The van der Waals surface area contributed by atoms with Crippen molar-refractivity contribution >= 4 is 51.2 Å². The Labute approximate surface area is 186 Å². The zero-order chi connectivity index (χ0) is 21.1. The minimum atomic E-state index is 0.125. The Morgan fingerprint density at radius 2 is 1.93 bits per heavy atom. The number of aromatic nitrogens is 1. The largest absolute Gasteiger partial charge is 0.493 e. The van der Waals surface area contributed by atoms with Gasteiger partial charge in [0.1, 0.15) is 0 Å². The second-order valence-corrected chi connectivity index (χ2v) is 8.42. The van der Waals surface area contributed by atoms with Crippen LogP contribution in [0.25, 0.3) is 10.9 Å². The van der Waals surface area contributed by atoms with Gasteiger partial charge in [-0.3, -0.25) is 4.57 Å². The predicted octanol–water partition coefficient (Wildman–Crippen LogP) is 4.82. The third kappa shape index (κ3) is 4.33. The van der Waals surface area contributed by atoms with Crippen molar-refractivity contribution < 1.29 is 10.0 Å². The van der Waals surface area contributed by atoms with Crippen LogP contribution in [0.15, 0.2) is 52.7 Å². The third-order valence-electron chi connectivity index (χ3n) is 5.61. The molecule has 0 bridgehead atoms. The highest BCUT2D eigenvalue weighted by Crippen LogP contribution is 2.38. The molecular formula is C22H25ClN5OS+. The van der Waals surface area contributed by atoms with Crippen LogP contribution in [0, 0.1) is 6.92 Å². The number of para-hydroxylation sites is 1. The fourth-order valence-corrected chi connectivity index (χ4v) is 4.27. The molecule has 0 saturated carbocycles. The van der Waals surface area contributed by atoms with Crippen LogP contribution in [0.5, 0.6) is 5.88 Å². The average Bonchev–Trinajstić information content (AvgIpc) is 3.02. The first-order chi connectivity index (χ1) is 14.5. The molecule has 30 heavy (non-hydrogen) atoms. The summed E-state index contributed by atoms with van der Waals surface area (Å²) in [5.74, 6) is 0.125. The molecule has 0 amide bonds. The number of quaternary nitrogens is 1. The van der Waals surface area contributed by atoms with Gasteiger partial charge >= 0.3 is 0 Å². The Hall–Kier alpha value is -2.48. The molecule has 1 aliphatic rings. The van der Waals surface area contributed by atoms with Crippen LogP contribution < -0.4 is 10.2 Å². The molecule has 0 unspecified atom stereocenters. The molecule has 6 nitrogen and oxygen atoms in total. The Morgan fingerprint density at radius 1 is 1.17 bits per heavy atom. The van der Waals surface area contributed by atoms with E-state index in [0.717, 1.165) is 35.2 Å². The summed E-state index contributed by atoms with van der Waals surface area (Å²) in [4.78, 5) is 1.47. The fourth-order valence-electron chi connectivity index (χ4n) is 3.94. The molecule has 8 heteroatoms.